The van der Waals surface area contributed by atoms with E-state index in [9.17, 15) is 13.2 Å². The lowest BCUT2D eigenvalue weighted by molar-refractivity contribution is -0.113. The molecule has 0 bridgehead atoms. The topological polar surface area (TPSA) is 100 Å². The van der Waals surface area contributed by atoms with Crippen molar-refractivity contribution in [2.45, 2.75) is 36.9 Å². The average Bonchev–Trinajstić information content (AvgIpc) is 3.21. The summed E-state index contributed by atoms with van der Waals surface area (Å²) < 4.78 is 29.4. The van der Waals surface area contributed by atoms with Crippen LogP contribution in [0.4, 0.5) is 5.69 Å². The van der Waals surface area contributed by atoms with E-state index in [0.29, 0.717) is 23.9 Å². The van der Waals surface area contributed by atoms with Crippen LogP contribution in [0.5, 0.6) is 0 Å². The second-order valence-corrected chi connectivity index (χ2v) is 10.2. The number of likely N-dealkylation sites (N-methyl/N-ethyl adjacent to an activating group) is 1. The second kappa shape index (κ2) is 9.90. The molecule has 1 amide bonds. The van der Waals surface area contributed by atoms with E-state index >= 15 is 0 Å². The molecule has 2 heterocycles. The predicted octanol–water partition coefficient (Wildman–Crippen LogP) is 1.92. The van der Waals surface area contributed by atoms with Crippen LogP contribution in [0, 0.1) is 0 Å². The number of sulfonamides is 1. The van der Waals surface area contributed by atoms with Crippen molar-refractivity contribution >= 4 is 33.4 Å². The van der Waals surface area contributed by atoms with E-state index in [1.807, 2.05) is 18.4 Å². The molecule has 1 aliphatic rings. The molecule has 3 rings (SSSR count). The van der Waals surface area contributed by atoms with Crippen LogP contribution in [0.15, 0.2) is 40.6 Å². The van der Waals surface area contributed by atoms with E-state index in [2.05, 4.69) is 27.3 Å². The van der Waals surface area contributed by atoms with Crippen molar-refractivity contribution in [1.29, 1.82) is 0 Å². The van der Waals surface area contributed by atoms with Crippen molar-refractivity contribution in [3.63, 3.8) is 0 Å². The highest BCUT2D eigenvalue weighted by Crippen LogP contribution is 2.22. The molecule has 11 heteroatoms. The maximum atomic E-state index is 13.0. The second-order valence-electron chi connectivity index (χ2n) is 7.32. The lowest BCUT2D eigenvalue weighted by Crippen LogP contribution is -2.48. The first kappa shape index (κ1) is 22.7. The number of carbonyl (C=O) groups excluding carboxylic acids is 1. The zero-order chi connectivity index (χ0) is 21.7. The maximum absolute atomic E-state index is 13.0. The van der Waals surface area contributed by atoms with E-state index < -0.39 is 10.0 Å². The number of nitrogens with zero attached hydrogens (tertiary/aromatic N) is 5. The van der Waals surface area contributed by atoms with Crippen molar-refractivity contribution in [3.05, 3.63) is 30.6 Å². The first-order valence-corrected chi connectivity index (χ1v) is 12.4. The Morgan fingerprint density at radius 3 is 2.63 bits per heavy atom. The van der Waals surface area contributed by atoms with Gasteiger partial charge in [0, 0.05) is 37.9 Å². The number of benzene rings is 1. The summed E-state index contributed by atoms with van der Waals surface area (Å²) in [6.45, 7) is 9.42. The highest BCUT2D eigenvalue weighted by atomic mass is 32.2. The van der Waals surface area contributed by atoms with Crippen LogP contribution in [0.2, 0.25) is 0 Å². The van der Waals surface area contributed by atoms with Crippen LogP contribution in [0.1, 0.15) is 26.8 Å². The van der Waals surface area contributed by atoms with Gasteiger partial charge in [0.05, 0.1) is 10.6 Å². The SMILES string of the molecule is CCN1CCN(S(=O)(=O)c2cccc(NC(=O)CSc3nncn3C(C)C)c2)CC1. The van der Waals surface area contributed by atoms with Gasteiger partial charge in [-0.15, -0.1) is 10.2 Å². The minimum Gasteiger partial charge on any atom is -0.325 e. The standard InChI is InChI=1S/C19H28N6O3S2/c1-4-23-8-10-24(11-9-23)30(27,28)17-7-5-6-16(12-17)21-18(26)13-29-19-22-20-14-25(19)15(2)3/h5-7,12,14-15H,4,8-11,13H2,1-3H3,(H,21,26). The summed E-state index contributed by atoms with van der Waals surface area (Å²) in [4.78, 5) is 14.8. The maximum Gasteiger partial charge on any atom is 0.243 e. The number of carbonyl (C=O) groups is 1. The summed E-state index contributed by atoms with van der Waals surface area (Å²) in [6, 6.07) is 6.62. The van der Waals surface area contributed by atoms with E-state index in [4.69, 9.17) is 0 Å². The van der Waals surface area contributed by atoms with E-state index in [1.165, 1.54) is 22.1 Å². The Balaban J connectivity index is 1.62. The Labute approximate surface area is 181 Å². The molecule has 1 aliphatic heterocycles. The van der Waals surface area contributed by atoms with Crippen molar-refractivity contribution in [1.82, 2.24) is 24.0 Å². The fourth-order valence-corrected chi connectivity index (χ4v) is 5.50. The lowest BCUT2D eigenvalue weighted by Gasteiger charge is -2.33. The molecule has 0 saturated carbocycles. The van der Waals surface area contributed by atoms with Gasteiger partial charge < -0.3 is 14.8 Å². The third-order valence-corrected chi connectivity index (χ3v) is 7.81. The number of thioether (sulfide) groups is 1. The highest BCUT2D eigenvalue weighted by Gasteiger charge is 2.28. The molecule has 30 heavy (non-hydrogen) atoms. The molecule has 2 aromatic rings. The monoisotopic (exact) mass is 452 g/mol. The minimum absolute atomic E-state index is 0.154. The quantitative estimate of drug-likeness (QED) is 0.611. The third-order valence-electron chi connectivity index (χ3n) is 4.96. The number of piperazine rings is 1. The number of nitrogens with one attached hydrogen (secondary N) is 1. The van der Waals surface area contributed by atoms with Gasteiger partial charge in [0.2, 0.25) is 15.9 Å². The molecule has 0 spiro atoms. The largest absolute Gasteiger partial charge is 0.325 e. The van der Waals surface area contributed by atoms with Crippen LogP contribution in [-0.2, 0) is 14.8 Å². The number of amides is 1. The molecule has 1 aromatic heterocycles. The summed E-state index contributed by atoms with van der Waals surface area (Å²) in [6.07, 6.45) is 1.64. The van der Waals surface area contributed by atoms with Crippen molar-refractivity contribution in [2.75, 3.05) is 43.8 Å². The van der Waals surface area contributed by atoms with Gasteiger partial charge in [0.15, 0.2) is 5.16 Å². The molecule has 1 N–H and O–H groups in total. The molecule has 0 radical (unpaired) electrons. The van der Waals surface area contributed by atoms with E-state index in [0.717, 1.165) is 19.6 Å². The fraction of sp³-hybridized carbons (Fsp3) is 0.526. The normalized spacial score (nSPS) is 16.1. The predicted molar refractivity (Wildman–Crippen MR) is 117 cm³/mol. The number of anilines is 1. The van der Waals surface area contributed by atoms with Crippen LogP contribution < -0.4 is 5.32 Å². The molecule has 0 unspecified atom stereocenters. The van der Waals surface area contributed by atoms with Gasteiger partial charge in [-0.1, -0.05) is 24.8 Å². The number of rotatable bonds is 8. The Morgan fingerprint density at radius 1 is 1.23 bits per heavy atom. The van der Waals surface area contributed by atoms with Gasteiger partial charge in [-0.25, -0.2) is 8.42 Å². The first-order chi connectivity index (χ1) is 14.3. The average molecular weight is 453 g/mol. The Kier molecular flexibility index (Phi) is 7.50. The Bertz CT molecular complexity index is 968. The summed E-state index contributed by atoms with van der Waals surface area (Å²) in [7, 11) is -3.59. The minimum atomic E-state index is -3.59. The van der Waals surface area contributed by atoms with Gasteiger partial charge in [-0.05, 0) is 38.6 Å². The van der Waals surface area contributed by atoms with Gasteiger partial charge in [-0.2, -0.15) is 4.31 Å². The number of aromatic nitrogens is 3. The van der Waals surface area contributed by atoms with Crippen LogP contribution in [0.3, 0.4) is 0 Å². The highest BCUT2D eigenvalue weighted by molar-refractivity contribution is 7.99. The van der Waals surface area contributed by atoms with Gasteiger partial charge in [0.1, 0.15) is 6.33 Å². The van der Waals surface area contributed by atoms with E-state index in [1.54, 1.807) is 24.5 Å². The third kappa shape index (κ3) is 5.39. The molecule has 0 atom stereocenters. The van der Waals surface area contributed by atoms with E-state index in [-0.39, 0.29) is 22.6 Å². The van der Waals surface area contributed by atoms with Crippen LogP contribution in [-0.4, -0.2) is 76.8 Å². The zero-order valence-corrected chi connectivity index (χ0v) is 19.1. The molecular weight excluding hydrogens is 424 g/mol. The van der Waals surface area contributed by atoms with Gasteiger partial charge >= 0.3 is 0 Å². The van der Waals surface area contributed by atoms with Gasteiger partial charge in [-0.3, -0.25) is 4.79 Å². The summed E-state index contributed by atoms with van der Waals surface area (Å²) >= 11 is 1.29. The summed E-state index contributed by atoms with van der Waals surface area (Å²) in [5.74, 6) is -0.0779. The Hall–Kier alpha value is -1.95. The van der Waals surface area contributed by atoms with Crippen molar-refractivity contribution in [3.8, 4) is 0 Å². The lowest BCUT2D eigenvalue weighted by atomic mass is 10.3. The Morgan fingerprint density at radius 2 is 1.97 bits per heavy atom. The molecule has 1 aromatic carbocycles. The number of hydrogen-bond acceptors (Lipinski definition) is 7. The van der Waals surface area contributed by atoms with Crippen LogP contribution >= 0.6 is 11.8 Å². The van der Waals surface area contributed by atoms with Crippen molar-refractivity contribution in [2.24, 2.45) is 0 Å². The molecule has 1 saturated heterocycles. The van der Waals surface area contributed by atoms with Crippen LogP contribution in [0.25, 0.3) is 0 Å². The molecule has 164 valence electrons. The summed E-state index contributed by atoms with van der Waals surface area (Å²) in [5, 5.41) is 11.4. The smallest absolute Gasteiger partial charge is 0.243 e. The summed E-state index contributed by atoms with van der Waals surface area (Å²) in [5.41, 5.74) is 0.458. The first-order valence-electron chi connectivity index (χ1n) is 9.96. The number of hydrogen-bond donors (Lipinski definition) is 1. The molecule has 9 nitrogen and oxygen atoms in total. The fourth-order valence-electron chi connectivity index (χ4n) is 3.19. The molecular formula is C19H28N6O3S2. The van der Waals surface area contributed by atoms with Crippen molar-refractivity contribution < 1.29 is 13.2 Å². The molecule has 1 fully saturated rings. The van der Waals surface area contributed by atoms with Gasteiger partial charge in [0.25, 0.3) is 0 Å². The molecule has 0 aliphatic carbocycles. The zero-order valence-electron chi connectivity index (χ0n) is 17.5.